The number of thioether (sulfide) groups is 1. The molecule has 0 fully saturated rings. The Morgan fingerprint density at radius 3 is 2.79 bits per heavy atom. The Morgan fingerprint density at radius 2 is 1.93 bits per heavy atom. The second-order valence-electron chi connectivity index (χ2n) is 6.38. The molecule has 1 aromatic heterocycles. The highest BCUT2D eigenvalue weighted by Gasteiger charge is 2.06. The minimum absolute atomic E-state index is 0.0528. The van der Waals surface area contributed by atoms with Crippen LogP contribution in [0.4, 0.5) is 5.69 Å². The van der Waals surface area contributed by atoms with Crippen LogP contribution >= 0.6 is 11.8 Å². The number of nitrogens with zero attached hydrogens (tertiary/aromatic N) is 3. The molecular weight excluding hydrogens is 384 g/mol. The summed E-state index contributed by atoms with van der Waals surface area (Å²) < 4.78 is 7.43. The molecule has 3 aromatic carbocycles. The first-order chi connectivity index (χ1) is 14.3. The summed E-state index contributed by atoms with van der Waals surface area (Å²) in [6.45, 7) is 1.08. The minimum atomic E-state index is -0.0528. The molecule has 0 bridgehead atoms. The second kappa shape index (κ2) is 9.25. The van der Waals surface area contributed by atoms with E-state index in [1.807, 2.05) is 42.5 Å². The van der Waals surface area contributed by atoms with Crippen LogP contribution in [-0.4, -0.2) is 33.0 Å². The monoisotopic (exact) mass is 404 g/mol. The van der Waals surface area contributed by atoms with Gasteiger partial charge in [0.25, 0.3) is 0 Å². The third-order valence-corrected chi connectivity index (χ3v) is 5.26. The third kappa shape index (κ3) is 5.36. The molecule has 0 radical (unpaired) electrons. The van der Waals surface area contributed by atoms with Crippen LogP contribution in [0.1, 0.15) is 0 Å². The van der Waals surface area contributed by atoms with Crippen molar-refractivity contribution in [3.8, 4) is 5.75 Å². The molecule has 0 saturated heterocycles. The van der Waals surface area contributed by atoms with Crippen molar-refractivity contribution < 1.29 is 9.53 Å². The number of carbonyl (C=O) groups excluding carboxylic acids is 1. The summed E-state index contributed by atoms with van der Waals surface area (Å²) in [5.41, 5.74) is 0.715. The lowest BCUT2D eigenvalue weighted by Crippen LogP contribution is -2.14. The van der Waals surface area contributed by atoms with E-state index in [1.165, 1.54) is 28.9 Å². The standard InChI is InChI=1S/C22H20N4O2S/c27-22(14-29-21-9-8-17-4-1-2-5-18(17)12-21)25-19-6-3-7-20(13-19)28-11-10-26-16-23-15-24-26/h1-9,12-13,15-16H,10-11,14H2,(H,25,27). The van der Waals surface area contributed by atoms with Gasteiger partial charge in [0.2, 0.25) is 5.91 Å². The zero-order valence-corrected chi connectivity index (χ0v) is 16.5. The van der Waals surface area contributed by atoms with Crippen molar-refractivity contribution in [2.24, 2.45) is 0 Å². The predicted molar refractivity (Wildman–Crippen MR) is 115 cm³/mol. The van der Waals surface area contributed by atoms with Crippen LogP contribution in [-0.2, 0) is 11.3 Å². The van der Waals surface area contributed by atoms with Crippen LogP contribution in [0.15, 0.2) is 84.3 Å². The smallest absolute Gasteiger partial charge is 0.234 e. The maximum atomic E-state index is 12.3. The largest absolute Gasteiger partial charge is 0.492 e. The van der Waals surface area contributed by atoms with Gasteiger partial charge in [-0.25, -0.2) is 9.67 Å². The van der Waals surface area contributed by atoms with Crippen molar-refractivity contribution in [2.45, 2.75) is 11.4 Å². The van der Waals surface area contributed by atoms with E-state index in [1.54, 1.807) is 11.0 Å². The number of rotatable bonds is 8. The van der Waals surface area contributed by atoms with Crippen LogP contribution in [0, 0.1) is 0 Å². The van der Waals surface area contributed by atoms with Crippen molar-refractivity contribution >= 4 is 34.1 Å². The number of hydrogen-bond donors (Lipinski definition) is 1. The molecular formula is C22H20N4O2S. The summed E-state index contributed by atoms with van der Waals surface area (Å²) in [7, 11) is 0. The number of carbonyl (C=O) groups is 1. The Balaban J connectivity index is 1.28. The molecule has 4 rings (SSSR count). The molecule has 1 N–H and O–H groups in total. The fourth-order valence-corrected chi connectivity index (χ4v) is 3.62. The van der Waals surface area contributed by atoms with Gasteiger partial charge >= 0.3 is 0 Å². The Labute approximate surface area is 172 Å². The SMILES string of the molecule is O=C(CSc1ccc2ccccc2c1)Nc1cccc(OCCn2cncn2)c1. The van der Waals surface area contributed by atoms with Gasteiger partial charge in [0.15, 0.2) is 0 Å². The van der Waals surface area contributed by atoms with E-state index in [0.29, 0.717) is 30.3 Å². The average Bonchev–Trinajstić information content (AvgIpc) is 3.26. The summed E-state index contributed by atoms with van der Waals surface area (Å²) in [5, 5.41) is 9.33. The van der Waals surface area contributed by atoms with Crippen molar-refractivity contribution in [3.63, 3.8) is 0 Å². The maximum absolute atomic E-state index is 12.3. The number of anilines is 1. The molecule has 4 aromatic rings. The zero-order chi connectivity index (χ0) is 19.9. The van der Waals surface area contributed by atoms with Crippen molar-refractivity contribution in [2.75, 3.05) is 17.7 Å². The van der Waals surface area contributed by atoms with E-state index in [-0.39, 0.29) is 5.91 Å². The fourth-order valence-electron chi connectivity index (χ4n) is 2.87. The summed E-state index contributed by atoms with van der Waals surface area (Å²) in [6.07, 6.45) is 3.14. The van der Waals surface area contributed by atoms with E-state index in [9.17, 15) is 4.79 Å². The van der Waals surface area contributed by atoms with Crippen LogP contribution in [0.25, 0.3) is 10.8 Å². The van der Waals surface area contributed by atoms with Gasteiger partial charge in [-0.3, -0.25) is 4.79 Å². The first-order valence-corrected chi connectivity index (χ1v) is 10.2. The third-order valence-electron chi connectivity index (χ3n) is 4.26. The fraction of sp³-hybridized carbons (Fsp3) is 0.136. The van der Waals surface area contributed by atoms with Gasteiger partial charge < -0.3 is 10.1 Å². The van der Waals surface area contributed by atoms with Crippen LogP contribution in [0.3, 0.4) is 0 Å². The van der Waals surface area contributed by atoms with Gasteiger partial charge in [-0.2, -0.15) is 5.10 Å². The highest BCUT2D eigenvalue weighted by Crippen LogP contribution is 2.24. The molecule has 146 valence electrons. The van der Waals surface area contributed by atoms with Gasteiger partial charge in [-0.05, 0) is 35.0 Å². The molecule has 0 aliphatic carbocycles. The number of fused-ring (bicyclic) bond motifs is 1. The number of ether oxygens (including phenoxy) is 1. The Bertz CT molecular complexity index is 1100. The van der Waals surface area contributed by atoms with E-state index in [4.69, 9.17) is 4.74 Å². The lowest BCUT2D eigenvalue weighted by atomic mass is 10.1. The molecule has 1 amide bonds. The molecule has 29 heavy (non-hydrogen) atoms. The van der Waals surface area contributed by atoms with Gasteiger partial charge in [-0.1, -0.05) is 36.4 Å². The first kappa shape index (κ1) is 19.0. The first-order valence-electron chi connectivity index (χ1n) is 9.23. The van der Waals surface area contributed by atoms with E-state index in [0.717, 1.165) is 4.90 Å². The highest BCUT2D eigenvalue weighted by molar-refractivity contribution is 8.00. The van der Waals surface area contributed by atoms with E-state index >= 15 is 0 Å². The van der Waals surface area contributed by atoms with Crippen molar-refractivity contribution in [1.29, 1.82) is 0 Å². The summed E-state index contributed by atoms with van der Waals surface area (Å²) >= 11 is 1.52. The van der Waals surface area contributed by atoms with Crippen LogP contribution in [0.5, 0.6) is 5.75 Å². The lowest BCUT2D eigenvalue weighted by Gasteiger charge is -2.09. The van der Waals surface area contributed by atoms with Crippen molar-refractivity contribution in [3.05, 3.63) is 79.4 Å². The van der Waals surface area contributed by atoms with Gasteiger partial charge in [0.1, 0.15) is 25.0 Å². The normalized spacial score (nSPS) is 10.8. The number of benzene rings is 3. The molecule has 0 saturated carbocycles. The highest BCUT2D eigenvalue weighted by atomic mass is 32.2. The van der Waals surface area contributed by atoms with Crippen LogP contribution in [0.2, 0.25) is 0 Å². The van der Waals surface area contributed by atoms with Gasteiger partial charge in [0.05, 0.1) is 12.3 Å². The van der Waals surface area contributed by atoms with Gasteiger partial charge in [-0.15, -0.1) is 11.8 Å². The Kier molecular flexibility index (Phi) is 6.07. The number of hydrogen-bond acceptors (Lipinski definition) is 5. The second-order valence-corrected chi connectivity index (χ2v) is 7.43. The van der Waals surface area contributed by atoms with E-state index in [2.05, 4.69) is 39.7 Å². The maximum Gasteiger partial charge on any atom is 0.234 e. The zero-order valence-electron chi connectivity index (χ0n) is 15.7. The molecule has 0 aliphatic rings. The summed E-state index contributed by atoms with van der Waals surface area (Å²) in [5.74, 6) is 0.989. The number of amides is 1. The average molecular weight is 404 g/mol. The quantitative estimate of drug-likeness (QED) is 0.445. The van der Waals surface area contributed by atoms with Gasteiger partial charge in [0, 0.05) is 16.6 Å². The van der Waals surface area contributed by atoms with Crippen molar-refractivity contribution in [1.82, 2.24) is 14.8 Å². The molecule has 0 aliphatic heterocycles. The molecule has 6 nitrogen and oxygen atoms in total. The van der Waals surface area contributed by atoms with Crippen LogP contribution < -0.4 is 10.1 Å². The number of aromatic nitrogens is 3. The summed E-state index contributed by atoms with van der Waals surface area (Å²) in [6, 6.07) is 21.8. The molecule has 0 spiro atoms. The predicted octanol–water partition coefficient (Wildman–Crippen LogP) is 4.24. The molecule has 0 atom stereocenters. The number of nitrogens with one attached hydrogen (secondary N) is 1. The minimum Gasteiger partial charge on any atom is -0.492 e. The Hall–Kier alpha value is -3.32. The molecule has 0 unspecified atom stereocenters. The Morgan fingerprint density at radius 1 is 1.03 bits per heavy atom. The lowest BCUT2D eigenvalue weighted by molar-refractivity contribution is -0.113. The van der Waals surface area contributed by atoms with E-state index < -0.39 is 0 Å². The summed E-state index contributed by atoms with van der Waals surface area (Å²) in [4.78, 5) is 17.3. The topological polar surface area (TPSA) is 69.0 Å². The molecule has 1 heterocycles. The molecule has 7 heteroatoms.